The first kappa shape index (κ1) is 17.3. The Morgan fingerprint density at radius 2 is 1.81 bits per heavy atom. The van der Waals surface area contributed by atoms with Gasteiger partial charge in [0.25, 0.3) is 0 Å². The van der Waals surface area contributed by atoms with Gasteiger partial charge in [0.05, 0.1) is 10.0 Å². The van der Waals surface area contributed by atoms with E-state index in [1.807, 2.05) is 0 Å². The first-order valence-electron chi connectivity index (χ1n) is 8.32. The second kappa shape index (κ2) is 6.89. The minimum absolute atomic E-state index is 0.173. The molecule has 26 heavy (non-hydrogen) atoms. The van der Waals surface area contributed by atoms with E-state index in [2.05, 4.69) is 10.4 Å². The number of fused-ring (bicyclic) bond motifs is 1. The lowest BCUT2D eigenvalue weighted by Gasteiger charge is -2.10. The zero-order valence-corrected chi connectivity index (χ0v) is 15.2. The van der Waals surface area contributed by atoms with Gasteiger partial charge in [0.1, 0.15) is 23.0 Å². The maximum atomic E-state index is 14.4. The number of benzene rings is 2. The summed E-state index contributed by atoms with van der Waals surface area (Å²) in [6.07, 6.45) is 2.71. The average Bonchev–Trinajstić information content (AvgIpc) is 2.78. The Bertz CT molecular complexity index is 965. The molecule has 3 nitrogen and oxygen atoms in total. The highest BCUT2D eigenvalue weighted by atomic mass is 35.5. The van der Waals surface area contributed by atoms with Gasteiger partial charge < -0.3 is 5.32 Å². The summed E-state index contributed by atoms with van der Waals surface area (Å²) in [5.74, 6) is -0.621. The largest absolute Gasteiger partial charge is 0.370 e. The van der Waals surface area contributed by atoms with E-state index >= 15 is 0 Å². The molecule has 1 aliphatic heterocycles. The number of nitrogens with one attached hydrogen (secondary N) is 1. The maximum absolute atomic E-state index is 14.4. The van der Waals surface area contributed by atoms with E-state index in [1.165, 1.54) is 16.8 Å². The lowest BCUT2D eigenvalue weighted by Crippen LogP contribution is -2.08. The molecule has 1 aliphatic rings. The van der Waals surface area contributed by atoms with Gasteiger partial charge in [-0.25, -0.2) is 13.5 Å². The number of hydrogen-bond acceptors (Lipinski definition) is 2. The number of rotatable bonds is 2. The molecule has 0 fully saturated rings. The lowest BCUT2D eigenvalue weighted by molar-refractivity contribution is 0.574. The van der Waals surface area contributed by atoms with Crippen molar-refractivity contribution in [3.05, 3.63) is 63.6 Å². The third kappa shape index (κ3) is 2.95. The molecular weight excluding hydrogens is 379 g/mol. The monoisotopic (exact) mass is 393 g/mol. The molecule has 0 unspecified atom stereocenters. The molecular formula is C19H15Cl2F2N3. The molecule has 0 radical (unpaired) electrons. The van der Waals surface area contributed by atoms with Crippen LogP contribution in [0.25, 0.3) is 16.9 Å². The number of hydrogen-bond donors (Lipinski definition) is 1. The number of aromatic nitrogens is 2. The topological polar surface area (TPSA) is 29.9 Å². The fourth-order valence-electron chi connectivity index (χ4n) is 3.25. The third-order valence-electron chi connectivity index (χ3n) is 4.47. The zero-order chi connectivity index (χ0) is 18.3. The first-order valence-corrected chi connectivity index (χ1v) is 9.07. The van der Waals surface area contributed by atoms with Crippen LogP contribution in [0, 0.1) is 11.6 Å². The molecule has 0 bridgehead atoms. The van der Waals surface area contributed by atoms with Crippen LogP contribution in [-0.2, 0) is 6.42 Å². The Labute approximate surface area is 159 Å². The number of nitrogens with zero attached hydrogens (tertiary/aromatic N) is 2. The van der Waals surface area contributed by atoms with Crippen LogP contribution in [0.15, 0.2) is 36.4 Å². The highest BCUT2D eigenvalue weighted by Gasteiger charge is 2.25. The summed E-state index contributed by atoms with van der Waals surface area (Å²) in [6.45, 7) is 0.747. The quantitative estimate of drug-likeness (QED) is 0.589. The molecule has 0 saturated carbocycles. The molecule has 1 N–H and O–H groups in total. The van der Waals surface area contributed by atoms with E-state index in [4.69, 9.17) is 23.2 Å². The Morgan fingerprint density at radius 1 is 1.04 bits per heavy atom. The predicted octanol–water partition coefficient (Wildman–Crippen LogP) is 5.87. The molecule has 2 heterocycles. The molecule has 3 aromatic rings. The van der Waals surface area contributed by atoms with E-state index in [-0.39, 0.29) is 5.69 Å². The van der Waals surface area contributed by atoms with Gasteiger partial charge in [-0.1, -0.05) is 29.3 Å². The van der Waals surface area contributed by atoms with Crippen LogP contribution in [0.2, 0.25) is 10.0 Å². The predicted molar refractivity (Wildman–Crippen MR) is 100 cm³/mol. The van der Waals surface area contributed by atoms with Crippen molar-refractivity contribution in [2.24, 2.45) is 0 Å². The van der Waals surface area contributed by atoms with E-state index in [0.717, 1.165) is 37.4 Å². The van der Waals surface area contributed by atoms with Crippen molar-refractivity contribution < 1.29 is 8.78 Å². The average molecular weight is 394 g/mol. The van der Waals surface area contributed by atoms with Gasteiger partial charge >= 0.3 is 0 Å². The van der Waals surface area contributed by atoms with Gasteiger partial charge in [0, 0.05) is 23.7 Å². The van der Waals surface area contributed by atoms with Crippen molar-refractivity contribution in [2.75, 3.05) is 11.9 Å². The van der Waals surface area contributed by atoms with Crippen molar-refractivity contribution in [1.29, 1.82) is 0 Å². The molecule has 0 spiro atoms. The lowest BCUT2D eigenvalue weighted by atomic mass is 10.0. The first-order chi connectivity index (χ1) is 12.6. The van der Waals surface area contributed by atoms with Gasteiger partial charge in [-0.05, 0) is 43.5 Å². The fraction of sp³-hybridized carbons (Fsp3) is 0.211. The van der Waals surface area contributed by atoms with Crippen LogP contribution in [0.5, 0.6) is 0 Å². The normalized spacial score (nSPS) is 13.8. The summed E-state index contributed by atoms with van der Waals surface area (Å²) in [4.78, 5) is 0. The third-order valence-corrected chi connectivity index (χ3v) is 5.10. The van der Waals surface area contributed by atoms with E-state index in [1.54, 1.807) is 18.2 Å². The second-order valence-electron chi connectivity index (χ2n) is 6.16. The molecule has 2 aromatic carbocycles. The van der Waals surface area contributed by atoms with Gasteiger partial charge in [-0.15, -0.1) is 0 Å². The summed E-state index contributed by atoms with van der Waals surface area (Å²) in [5.41, 5.74) is 2.35. The summed E-state index contributed by atoms with van der Waals surface area (Å²) >= 11 is 12.8. The van der Waals surface area contributed by atoms with Crippen molar-refractivity contribution in [3.63, 3.8) is 0 Å². The number of halogens is 4. The summed E-state index contributed by atoms with van der Waals surface area (Å²) in [7, 11) is 0. The van der Waals surface area contributed by atoms with Crippen LogP contribution >= 0.6 is 23.2 Å². The fourth-order valence-corrected chi connectivity index (χ4v) is 3.83. The molecule has 1 aromatic heterocycles. The summed E-state index contributed by atoms with van der Waals surface area (Å²) in [6, 6.07) is 8.70. The van der Waals surface area contributed by atoms with Crippen LogP contribution in [0.1, 0.15) is 18.4 Å². The minimum Gasteiger partial charge on any atom is -0.370 e. The smallest absolute Gasteiger partial charge is 0.151 e. The van der Waals surface area contributed by atoms with E-state index in [0.29, 0.717) is 27.1 Å². The van der Waals surface area contributed by atoms with Crippen LogP contribution in [-0.4, -0.2) is 16.3 Å². The standard InChI is InChI=1S/C19H15Cl2F2N3/c20-13-5-3-6-14(21)17(13)18-12-4-1-2-9-24-19(12)26(25-18)16-8-7-11(22)10-15(16)23/h3,5-8,10,24H,1-2,4,9H2. The summed E-state index contributed by atoms with van der Waals surface area (Å²) < 4.78 is 29.2. The molecule has 0 atom stereocenters. The second-order valence-corrected chi connectivity index (χ2v) is 6.98. The highest BCUT2D eigenvalue weighted by Crippen LogP contribution is 2.40. The van der Waals surface area contributed by atoms with Gasteiger partial charge in [0.2, 0.25) is 0 Å². The van der Waals surface area contributed by atoms with Crippen molar-refractivity contribution in [3.8, 4) is 16.9 Å². The molecule has 0 aliphatic carbocycles. The van der Waals surface area contributed by atoms with Crippen LogP contribution < -0.4 is 5.32 Å². The van der Waals surface area contributed by atoms with E-state index in [9.17, 15) is 8.78 Å². The van der Waals surface area contributed by atoms with Gasteiger partial charge in [0.15, 0.2) is 5.82 Å². The van der Waals surface area contributed by atoms with E-state index < -0.39 is 11.6 Å². The number of anilines is 1. The molecule has 0 amide bonds. The van der Waals surface area contributed by atoms with Crippen LogP contribution in [0.4, 0.5) is 14.6 Å². The minimum atomic E-state index is -0.682. The Morgan fingerprint density at radius 3 is 2.54 bits per heavy atom. The van der Waals surface area contributed by atoms with Crippen molar-refractivity contribution in [1.82, 2.24) is 9.78 Å². The molecule has 0 saturated heterocycles. The zero-order valence-electron chi connectivity index (χ0n) is 13.7. The Kier molecular flexibility index (Phi) is 4.59. The SMILES string of the molecule is Fc1ccc(-n2nc(-c3c(Cl)cccc3Cl)c3c2NCCCC3)c(F)c1. The molecule has 7 heteroatoms. The summed E-state index contributed by atoms with van der Waals surface area (Å²) in [5, 5.41) is 8.89. The molecule has 134 valence electrons. The molecule has 4 rings (SSSR count). The maximum Gasteiger partial charge on any atom is 0.151 e. The Hall–Kier alpha value is -2.11. The Balaban J connectivity index is 1.98. The van der Waals surface area contributed by atoms with Crippen LogP contribution in [0.3, 0.4) is 0 Å². The highest BCUT2D eigenvalue weighted by molar-refractivity contribution is 6.39. The van der Waals surface area contributed by atoms with Crippen molar-refractivity contribution in [2.45, 2.75) is 19.3 Å². The van der Waals surface area contributed by atoms with Crippen molar-refractivity contribution >= 4 is 29.0 Å². The van der Waals surface area contributed by atoms with Gasteiger partial charge in [-0.2, -0.15) is 5.10 Å². The van der Waals surface area contributed by atoms with Gasteiger partial charge in [-0.3, -0.25) is 0 Å².